The summed E-state index contributed by atoms with van der Waals surface area (Å²) in [6.07, 6.45) is 0.358. The number of hydrogen-bond acceptors (Lipinski definition) is 4. The lowest BCUT2D eigenvalue weighted by Gasteiger charge is -1.89. The molecule has 0 aromatic carbocycles. The van der Waals surface area contributed by atoms with Crippen molar-refractivity contribution in [2.24, 2.45) is 0 Å². The normalized spacial score (nSPS) is 10.9. The molecule has 2 aromatic rings. The van der Waals surface area contributed by atoms with Crippen molar-refractivity contribution >= 4 is 17.1 Å². The summed E-state index contributed by atoms with van der Waals surface area (Å²) in [5.41, 5.74) is 1.70. The molecule has 0 saturated heterocycles. The number of aliphatic carboxylic acids is 1. The minimum absolute atomic E-state index is 0.0291. The molecule has 0 radical (unpaired) electrons. The van der Waals surface area contributed by atoms with Gasteiger partial charge in [-0.3, -0.25) is 4.79 Å². The van der Waals surface area contributed by atoms with Crippen molar-refractivity contribution in [3.05, 3.63) is 17.5 Å². The van der Waals surface area contributed by atoms with Gasteiger partial charge >= 0.3 is 5.97 Å². The van der Waals surface area contributed by atoms with E-state index in [1.54, 1.807) is 13.0 Å². The van der Waals surface area contributed by atoms with Crippen molar-refractivity contribution in [2.45, 2.75) is 19.8 Å². The summed E-state index contributed by atoms with van der Waals surface area (Å²) < 4.78 is 10.3. The molecule has 5 heteroatoms. The van der Waals surface area contributed by atoms with E-state index >= 15 is 0 Å². The maximum atomic E-state index is 10.3. The molecule has 0 saturated carbocycles. The zero-order chi connectivity index (χ0) is 10.1. The van der Waals surface area contributed by atoms with E-state index in [1.807, 2.05) is 0 Å². The average Bonchev–Trinajstić information content (AvgIpc) is 2.60. The average molecular weight is 195 g/mol. The number of aryl methyl sites for hydroxylation is 2. The molecule has 0 aliphatic heterocycles. The molecule has 0 aliphatic rings. The summed E-state index contributed by atoms with van der Waals surface area (Å²) >= 11 is 0. The second-order valence-corrected chi connectivity index (χ2v) is 3.07. The van der Waals surface area contributed by atoms with Crippen LogP contribution in [0.4, 0.5) is 0 Å². The molecule has 0 aliphatic carbocycles. The first-order valence-electron chi connectivity index (χ1n) is 4.23. The third-order valence-electron chi connectivity index (χ3n) is 1.91. The number of nitrogens with zero attached hydrogens (tertiary/aromatic N) is 1. The summed E-state index contributed by atoms with van der Waals surface area (Å²) in [5, 5.41) is 12.2. The standard InChI is InChI=1S/C9H9NO4/c1-5-4-7-9(13-5)6(10-14-7)2-3-8(11)12/h4H,2-3H2,1H3,(H,11,12). The van der Waals surface area contributed by atoms with Crippen molar-refractivity contribution in [1.82, 2.24) is 5.16 Å². The first-order chi connectivity index (χ1) is 6.66. The fraction of sp³-hybridized carbons (Fsp3) is 0.333. The Balaban J connectivity index is 2.28. The third kappa shape index (κ3) is 1.48. The Hall–Kier alpha value is -1.78. The van der Waals surface area contributed by atoms with Crippen LogP contribution in [-0.2, 0) is 11.2 Å². The highest BCUT2D eigenvalue weighted by molar-refractivity contribution is 5.74. The molecule has 1 N–H and O–H groups in total. The van der Waals surface area contributed by atoms with E-state index in [0.29, 0.717) is 23.3 Å². The lowest BCUT2D eigenvalue weighted by Crippen LogP contribution is -1.97. The topological polar surface area (TPSA) is 76.5 Å². The number of rotatable bonds is 3. The van der Waals surface area contributed by atoms with E-state index in [1.165, 1.54) is 0 Å². The second kappa shape index (κ2) is 3.17. The van der Waals surface area contributed by atoms with Crippen molar-refractivity contribution in [2.75, 3.05) is 0 Å². The predicted molar refractivity (Wildman–Crippen MR) is 47.0 cm³/mol. The maximum absolute atomic E-state index is 10.3. The van der Waals surface area contributed by atoms with Gasteiger partial charge < -0.3 is 14.0 Å². The SMILES string of the molecule is Cc1cc2onc(CCC(=O)O)c2o1. The molecule has 2 rings (SSSR count). The van der Waals surface area contributed by atoms with Crippen molar-refractivity contribution in [1.29, 1.82) is 0 Å². The number of carboxylic acid groups (broad SMARTS) is 1. The van der Waals surface area contributed by atoms with E-state index in [9.17, 15) is 4.79 Å². The maximum Gasteiger partial charge on any atom is 0.303 e. The zero-order valence-electron chi connectivity index (χ0n) is 7.61. The summed E-state index contributed by atoms with van der Waals surface area (Å²) in [4.78, 5) is 10.3. The molecule has 5 nitrogen and oxygen atoms in total. The summed E-state index contributed by atoms with van der Waals surface area (Å²) in [7, 11) is 0. The Morgan fingerprint density at radius 1 is 1.64 bits per heavy atom. The quantitative estimate of drug-likeness (QED) is 0.807. The second-order valence-electron chi connectivity index (χ2n) is 3.07. The van der Waals surface area contributed by atoms with E-state index in [0.717, 1.165) is 5.76 Å². The van der Waals surface area contributed by atoms with Gasteiger partial charge in [0.15, 0.2) is 5.58 Å². The molecular weight excluding hydrogens is 186 g/mol. The van der Waals surface area contributed by atoms with Crippen LogP contribution in [0.15, 0.2) is 15.0 Å². The number of aromatic nitrogens is 1. The molecule has 0 fully saturated rings. The largest absolute Gasteiger partial charge is 0.481 e. The third-order valence-corrected chi connectivity index (χ3v) is 1.91. The van der Waals surface area contributed by atoms with E-state index in [-0.39, 0.29) is 6.42 Å². The molecule has 0 atom stereocenters. The molecule has 14 heavy (non-hydrogen) atoms. The first kappa shape index (κ1) is 8.80. The van der Waals surface area contributed by atoms with E-state index < -0.39 is 5.97 Å². The molecule has 74 valence electrons. The number of furan rings is 1. The van der Waals surface area contributed by atoms with Crippen molar-refractivity contribution < 1.29 is 18.8 Å². The Bertz CT molecular complexity index is 468. The van der Waals surface area contributed by atoms with Gasteiger partial charge in [0.2, 0.25) is 5.58 Å². The fourth-order valence-electron chi connectivity index (χ4n) is 1.29. The Kier molecular flexibility index (Phi) is 1.99. The molecule has 0 unspecified atom stereocenters. The Morgan fingerprint density at radius 2 is 2.43 bits per heavy atom. The minimum atomic E-state index is -0.857. The van der Waals surface area contributed by atoms with Gasteiger partial charge in [-0.05, 0) is 6.92 Å². The van der Waals surface area contributed by atoms with E-state index in [2.05, 4.69) is 5.16 Å². The lowest BCUT2D eigenvalue weighted by atomic mass is 10.2. The van der Waals surface area contributed by atoms with Gasteiger partial charge in [0.25, 0.3) is 0 Å². The molecule has 0 spiro atoms. The van der Waals surface area contributed by atoms with Gasteiger partial charge in [-0.2, -0.15) is 0 Å². The highest BCUT2D eigenvalue weighted by Crippen LogP contribution is 2.22. The van der Waals surface area contributed by atoms with Gasteiger partial charge in [-0.25, -0.2) is 0 Å². The zero-order valence-corrected chi connectivity index (χ0v) is 7.61. The van der Waals surface area contributed by atoms with Crippen LogP contribution < -0.4 is 0 Å². The molecule has 2 aromatic heterocycles. The van der Waals surface area contributed by atoms with Crippen LogP contribution in [0.1, 0.15) is 17.9 Å². The summed E-state index contributed by atoms with van der Waals surface area (Å²) in [5.74, 6) is -0.123. The highest BCUT2D eigenvalue weighted by atomic mass is 16.5. The number of carboxylic acids is 1. The molecule has 0 bridgehead atoms. The predicted octanol–water partition coefficient (Wildman–Crippen LogP) is 1.75. The number of fused-ring (bicyclic) bond motifs is 1. The number of carbonyl (C=O) groups is 1. The van der Waals surface area contributed by atoms with E-state index in [4.69, 9.17) is 14.0 Å². The van der Waals surface area contributed by atoms with Crippen LogP contribution in [0.3, 0.4) is 0 Å². The van der Waals surface area contributed by atoms with Crippen LogP contribution in [0.25, 0.3) is 11.2 Å². The Morgan fingerprint density at radius 3 is 3.14 bits per heavy atom. The van der Waals surface area contributed by atoms with Crippen molar-refractivity contribution in [3.8, 4) is 0 Å². The first-order valence-corrected chi connectivity index (χ1v) is 4.23. The molecule has 2 heterocycles. The van der Waals surface area contributed by atoms with Crippen LogP contribution >= 0.6 is 0 Å². The fourth-order valence-corrected chi connectivity index (χ4v) is 1.29. The lowest BCUT2D eigenvalue weighted by molar-refractivity contribution is -0.136. The van der Waals surface area contributed by atoms with Gasteiger partial charge in [0.05, 0.1) is 6.42 Å². The summed E-state index contributed by atoms with van der Waals surface area (Å²) in [6.45, 7) is 1.80. The van der Waals surface area contributed by atoms with Crippen LogP contribution in [0.2, 0.25) is 0 Å². The van der Waals surface area contributed by atoms with Crippen molar-refractivity contribution in [3.63, 3.8) is 0 Å². The minimum Gasteiger partial charge on any atom is -0.481 e. The smallest absolute Gasteiger partial charge is 0.303 e. The van der Waals surface area contributed by atoms with Gasteiger partial charge in [-0.15, -0.1) is 0 Å². The number of hydrogen-bond donors (Lipinski definition) is 1. The van der Waals surface area contributed by atoms with Gasteiger partial charge in [0, 0.05) is 12.5 Å². The summed E-state index contributed by atoms with van der Waals surface area (Å²) in [6, 6.07) is 1.73. The van der Waals surface area contributed by atoms with Crippen LogP contribution in [0, 0.1) is 6.92 Å². The van der Waals surface area contributed by atoms with Gasteiger partial charge in [0.1, 0.15) is 11.5 Å². The molecule has 0 amide bonds. The molecular formula is C9H9NO4. The van der Waals surface area contributed by atoms with Crippen LogP contribution in [0.5, 0.6) is 0 Å². The monoisotopic (exact) mass is 195 g/mol. The van der Waals surface area contributed by atoms with Gasteiger partial charge in [-0.1, -0.05) is 5.16 Å². The van der Waals surface area contributed by atoms with Crippen LogP contribution in [-0.4, -0.2) is 16.2 Å². The Labute approximate surface area is 79.3 Å². The highest BCUT2D eigenvalue weighted by Gasteiger charge is 2.13.